The number of rotatable bonds is 6. The van der Waals surface area contributed by atoms with E-state index in [2.05, 4.69) is 36.8 Å². The second-order valence-corrected chi connectivity index (χ2v) is 12.6. The van der Waals surface area contributed by atoms with Gasteiger partial charge in [0.05, 0.1) is 18.7 Å². The highest BCUT2D eigenvalue weighted by molar-refractivity contribution is 9.11. The van der Waals surface area contributed by atoms with Gasteiger partial charge in [-0.3, -0.25) is 4.55 Å². The number of aromatic nitrogens is 1. The van der Waals surface area contributed by atoms with E-state index >= 15 is 0 Å². The van der Waals surface area contributed by atoms with E-state index in [1.165, 1.54) is 42.6 Å². The van der Waals surface area contributed by atoms with Crippen molar-refractivity contribution in [3.63, 3.8) is 0 Å². The topological polar surface area (TPSA) is 114 Å². The van der Waals surface area contributed by atoms with Crippen molar-refractivity contribution in [1.82, 2.24) is 4.98 Å². The lowest BCUT2D eigenvalue weighted by Gasteiger charge is -2.12. The summed E-state index contributed by atoms with van der Waals surface area (Å²) in [5.41, 5.74) is 0.956. The number of hydrogen-bond donors (Lipinski definition) is 2. The molecule has 0 unspecified atom stereocenters. The highest BCUT2D eigenvalue weighted by atomic mass is 79.9. The Kier molecular flexibility index (Phi) is 6.64. The Morgan fingerprint density at radius 2 is 1.58 bits per heavy atom. The van der Waals surface area contributed by atoms with Crippen LogP contribution in [0.5, 0.6) is 11.5 Å². The molecule has 7 nitrogen and oxygen atoms in total. The largest absolute Gasteiger partial charge is 0.455 e. The van der Waals surface area contributed by atoms with Gasteiger partial charge in [0, 0.05) is 22.1 Å². The zero-order chi connectivity index (χ0) is 24.0. The first-order valence-corrected chi connectivity index (χ1v) is 14.2. The van der Waals surface area contributed by atoms with Crippen molar-refractivity contribution in [3.8, 4) is 11.5 Å². The first-order chi connectivity index (χ1) is 15.4. The summed E-state index contributed by atoms with van der Waals surface area (Å²) >= 11 is 12.6. The van der Waals surface area contributed by atoms with E-state index in [1.807, 2.05) is 0 Å². The summed E-state index contributed by atoms with van der Waals surface area (Å²) in [6.07, 6.45) is 1.42. The van der Waals surface area contributed by atoms with Gasteiger partial charge in [-0.15, -0.1) is 0 Å². The van der Waals surface area contributed by atoms with Gasteiger partial charge in [-0.25, -0.2) is 8.42 Å². The zero-order valence-corrected chi connectivity index (χ0v) is 22.0. The number of hydrogen-bond acceptors (Lipinski definition) is 5. The van der Waals surface area contributed by atoms with Gasteiger partial charge in [0.25, 0.3) is 10.1 Å². The number of halogens is 3. The second-order valence-electron chi connectivity index (χ2n) is 7.03. The van der Waals surface area contributed by atoms with Gasteiger partial charge in [-0.05, 0) is 92.0 Å². The normalized spacial score (nSPS) is 12.2. The lowest BCUT2D eigenvalue weighted by molar-refractivity contribution is 0.475. The fourth-order valence-electron chi connectivity index (χ4n) is 3.22. The molecule has 12 heteroatoms. The molecule has 0 radical (unpaired) electrons. The van der Waals surface area contributed by atoms with Gasteiger partial charge in [-0.1, -0.05) is 11.6 Å². The van der Waals surface area contributed by atoms with Gasteiger partial charge >= 0.3 is 0 Å². The standard InChI is InChI=1S/C21H14Br2ClNO6S2/c22-17-7-12(11-32(26,27)28)8-18(23)21(17)31-14-3-6-19-16(9-14)20(10-25-19)33(29,30)15-4-1-13(24)2-5-15/h1-10,25H,11H2,(H,26,27,28). The Hall–Kier alpha value is -1.89. The Morgan fingerprint density at radius 1 is 0.939 bits per heavy atom. The maximum absolute atomic E-state index is 13.2. The van der Waals surface area contributed by atoms with Crippen LogP contribution in [0, 0.1) is 0 Å². The molecule has 0 aliphatic rings. The molecule has 1 aromatic heterocycles. The number of aromatic amines is 1. The molecular formula is C21H14Br2ClNO6S2. The molecule has 0 saturated carbocycles. The maximum Gasteiger partial charge on any atom is 0.269 e. The van der Waals surface area contributed by atoms with Crippen molar-refractivity contribution in [2.75, 3.05) is 0 Å². The lowest BCUT2D eigenvalue weighted by Crippen LogP contribution is -2.02. The fraction of sp³-hybridized carbons (Fsp3) is 0.0476. The summed E-state index contributed by atoms with van der Waals surface area (Å²) in [7, 11) is -8.01. The Bertz CT molecular complexity index is 1560. The van der Waals surface area contributed by atoms with E-state index in [-0.39, 0.29) is 9.79 Å². The van der Waals surface area contributed by atoms with Crippen LogP contribution in [0.15, 0.2) is 79.5 Å². The lowest BCUT2D eigenvalue weighted by atomic mass is 10.2. The number of fused-ring (bicyclic) bond motifs is 1. The summed E-state index contributed by atoms with van der Waals surface area (Å²) in [5.74, 6) is 0.163. The zero-order valence-electron chi connectivity index (χ0n) is 16.4. The number of benzene rings is 3. The van der Waals surface area contributed by atoms with Crippen molar-refractivity contribution in [3.05, 3.63) is 80.3 Å². The van der Waals surface area contributed by atoms with Crippen molar-refractivity contribution < 1.29 is 26.1 Å². The highest BCUT2D eigenvalue weighted by Gasteiger charge is 2.22. The molecule has 0 amide bonds. The fourth-order valence-corrected chi connectivity index (χ4v) is 6.80. The van der Waals surface area contributed by atoms with Crippen LogP contribution in [0.1, 0.15) is 5.56 Å². The van der Waals surface area contributed by atoms with Crippen LogP contribution in [0.2, 0.25) is 5.02 Å². The minimum Gasteiger partial charge on any atom is -0.455 e. The molecule has 172 valence electrons. The van der Waals surface area contributed by atoms with Gasteiger partial charge in [-0.2, -0.15) is 8.42 Å². The van der Waals surface area contributed by atoms with Crippen molar-refractivity contribution in [1.29, 1.82) is 0 Å². The monoisotopic (exact) mass is 633 g/mol. The summed E-state index contributed by atoms with van der Waals surface area (Å²) in [4.78, 5) is 3.16. The molecular weight excluding hydrogens is 622 g/mol. The van der Waals surface area contributed by atoms with Crippen LogP contribution in [-0.4, -0.2) is 26.4 Å². The molecule has 2 N–H and O–H groups in total. The highest BCUT2D eigenvalue weighted by Crippen LogP contribution is 2.39. The molecule has 33 heavy (non-hydrogen) atoms. The molecule has 1 heterocycles. The van der Waals surface area contributed by atoms with Crippen molar-refractivity contribution in [2.45, 2.75) is 15.5 Å². The summed E-state index contributed by atoms with van der Waals surface area (Å²) in [5, 5.41) is 0.875. The molecule has 0 saturated heterocycles. The Morgan fingerprint density at radius 3 is 2.18 bits per heavy atom. The molecule has 0 aliphatic carbocycles. The van der Waals surface area contributed by atoms with E-state index in [0.29, 0.717) is 41.9 Å². The Balaban J connectivity index is 1.72. The minimum absolute atomic E-state index is 0.0897. The quantitative estimate of drug-likeness (QED) is 0.239. The van der Waals surface area contributed by atoms with E-state index < -0.39 is 25.7 Å². The third-order valence-corrected chi connectivity index (χ3v) is 8.59. The molecule has 0 fully saturated rings. The van der Waals surface area contributed by atoms with E-state index in [1.54, 1.807) is 18.2 Å². The molecule has 3 aromatic carbocycles. The van der Waals surface area contributed by atoms with Crippen LogP contribution in [0.3, 0.4) is 0 Å². The average Bonchev–Trinajstić information content (AvgIpc) is 3.14. The first kappa shape index (κ1) is 24.2. The van der Waals surface area contributed by atoms with Gasteiger partial charge < -0.3 is 9.72 Å². The molecule has 4 rings (SSSR count). The number of sulfone groups is 1. The molecule has 0 spiro atoms. The van der Waals surface area contributed by atoms with Gasteiger partial charge in [0.2, 0.25) is 9.84 Å². The summed E-state index contributed by atoms with van der Waals surface area (Å²) < 4.78 is 64.6. The van der Waals surface area contributed by atoms with E-state index in [4.69, 9.17) is 20.9 Å². The predicted octanol–water partition coefficient (Wildman–Crippen LogP) is 6.36. The van der Waals surface area contributed by atoms with Crippen LogP contribution >= 0.6 is 43.5 Å². The predicted molar refractivity (Wildman–Crippen MR) is 132 cm³/mol. The van der Waals surface area contributed by atoms with E-state index in [0.717, 1.165) is 0 Å². The first-order valence-electron chi connectivity index (χ1n) is 9.17. The van der Waals surface area contributed by atoms with Crippen molar-refractivity contribution in [2.24, 2.45) is 0 Å². The molecule has 0 aliphatic heterocycles. The summed E-state index contributed by atoms with van der Waals surface area (Å²) in [6.45, 7) is 0. The number of H-pyrrole nitrogens is 1. The Labute approximate surface area is 211 Å². The maximum atomic E-state index is 13.2. The average molecular weight is 636 g/mol. The summed E-state index contributed by atoms with van der Waals surface area (Å²) in [6, 6.07) is 13.9. The SMILES string of the molecule is O=S(=O)(O)Cc1cc(Br)c(Oc2ccc3[nH]cc(S(=O)(=O)c4ccc(Cl)cc4)c3c2)c(Br)c1. The van der Waals surface area contributed by atoms with Gasteiger partial charge in [0.15, 0.2) is 5.75 Å². The van der Waals surface area contributed by atoms with Crippen LogP contribution in [0.4, 0.5) is 0 Å². The smallest absolute Gasteiger partial charge is 0.269 e. The van der Waals surface area contributed by atoms with E-state index in [9.17, 15) is 16.8 Å². The van der Waals surface area contributed by atoms with Crippen molar-refractivity contribution >= 4 is 74.3 Å². The molecule has 0 bridgehead atoms. The second kappa shape index (κ2) is 9.05. The third kappa shape index (κ3) is 5.28. The number of ether oxygens (including phenoxy) is 1. The van der Waals surface area contributed by atoms with Crippen LogP contribution in [-0.2, 0) is 25.7 Å². The third-order valence-electron chi connectivity index (χ3n) is 4.66. The van der Waals surface area contributed by atoms with Crippen LogP contribution in [0.25, 0.3) is 10.9 Å². The van der Waals surface area contributed by atoms with Gasteiger partial charge in [0.1, 0.15) is 11.5 Å². The molecule has 0 atom stereocenters. The minimum atomic E-state index is -4.19. The van der Waals surface area contributed by atoms with Crippen LogP contribution < -0.4 is 4.74 Å². The number of nitrogens with one attached hydrogen (secondary N) is 1. The molecule has 4 aromatic rings.